The van der Waals surface area contributed by atoms with Crippen molar-refractivity contribution >= 4 is 18.1 Å². The highest BCUT2D eigenvalue weighted by atomic mass is 19.1. The Hall–Kier alpha value is -3.73. The highest BCUT2D eigenvalue weighted by molar-refractivity contribution is 5.95. The van der Waals surface area contributed by atoms with Crippen LogP contribution in [0, 0.1) is 17.1 Å². The van der Waals surface area contributed by atoms with Crippen LogP contribution in [0.1, 0.15) is 21.5 Å². The number of halogens is 1. The fraction of sp³-hybridized carbons (Fsp3) is 0.111. The van der Waals surface area contributed by atoms with Crippen LogP contribution in [0.15, 0.2) is 47.6 Å². The van der Waals surface area contributed by atoms with Crippen LogP contribution < -0.4 is 10.2 Å². The maximum absolute atomic E-state index is 13.7. The summed E-state index contributed by atoms with van der Waals surface area (Å²) < 4.78 is 23.4. The van der Waals surface area contributed by atoms with Gasteiger partial charge < -0.3 is 9.47 Å². The zero-order valence-electron chi connectivity index (χ0n) is 13.7. The molecule has 0 fully saturated rings. The van der Waals surface area contributed by atoms with Crippen LogP contribution in [-0.4, -0.2) is 31.8 Å². The molecule has 0 heterocycles. The SMILES string of the molecule is COC(=O)COc1ccc(C=NNC(=O)c2ccc(C#N)cc2F)cc1. The number of rotatable bonds is 6. The molecule has 2 aromatic carbocycles. The van der Waals surface area contributed by atoms with Crippen LogP contribution in [0.2, 0.25) is 0 Å². The molecule has 2 aromatic rings. The van der Waals surface area contributed by atoms with Gasteiger partial charge in [0, 0.05) is 0 Å². The van der Waals surface area contributed by atoms with E-state index >= 15 is 0 Å². The van der Waals surface area contributed by atoms with Gasteiger partial charge >= 0.3 is 5.97 Å². The molecular weight excluding hydrogens is 341 g/mol. The summed E-state index contributed by atoms with van der Waals surface area (Å²) >= 11 is 0. The van der Waals surface area contributed by atoms with Gasteiger partial charge in [0.05, 0.1) is 30.5 Å². The Morgan fingerprint density at radius 2 is 2.00 bits per heavy atom. The molecule has 0 spiro atoms. The number of ether oxygens (including phenoxy) is 2. The van der Waals surface area contributed by atoms with Crippen LogP contribution in [0.5, 0.6) is 5.75 Å². The lowest BCUT2D eigenvalue weighted by Gasteiger charge is -2.04. The van der Waals surface area contributed by atoms with Crippen molar-refractivity contribution in [2.24, 2.45) is 5.10 Å². The maximum Gasteiger partial charge on any atom is 0.343 e. The molecule has 7 nitrogen and oxygen atoms in total. The largest absolute Gasteiger partial charge is 0.482 e. The Bertz CT molecular complexity index is 873. The van der Waals surface area contributed by atoms with Crippen molar-refractivity contribution < 1.29 is 23.5 Å². The molecule has 26 heavy (non-hydrogen) atoms. The number of amides is 1. The van der Waals surface area contributed by atoms with E-state index in [0.29, 0.717) is 11.3 Å². The van der Waals surface area contributed by atoms with Gasteiger partial charge in [-0.1, -0.05) is 0 Å². The molecule has 2 rings (SSSR count). The Morgan fingerprint density at radius 3 is 2.62 bits per heavy atom. The van der Waals surface area contributed by atoms with Gasteiger partial charge in [-0.25, -0.2) is 14.6 Å². The molecule has 0 aliphatic carbocycles. The summed E-state index contributed by atoms with van der Waals surface area (Å²) in [5, 5.41) is 12.4. The standard InChI is InChI=1S/C18H14FN3O4/c1-25-17(23)11-26-14-5-2-12(3-6-14)10-21-22-18(24)15-7-4-13(9-20)8-16(15)19/h2-8,10H,11H2,1H3,(H,22,24). The number of nitrogens with one attached hydrogen (secondary N) is 1. The molecule has 0 saturated heterocycles. The average Bonchev–Trinajstić information content (AvgIpc) is 2.66. The number of hydrogen-bond donors (Lipinski definition) is 1. The molecule has 0 bridgehead atoms. The summed E-state index contributed by atoms with van der Waals surface area (Å²) in [6.07, 6.45) is 1.36. The first kappa shape index (κ1) is 18.6. The van der Waals surface area contributed by atoms with Crippen molar-refractivity contribution in [2.45, 2.75) is 0 Å². The van der Waals surface area contributed by atoms with Crippen molar-refractivity contribution in [1.82, 2.24) is 5.43 Å². The summed E-state index contributed by atoms with van der Waals surface area (Å²) in [6, 6.07) is 11.9. The number of benzene rings is 2. The van der Waals surface area contributed by atoms with Crippen LogP contribution in [-0.2, 0) is 9.53 Å². The van der Waals surface area contributed by atoms with Gasteiger partial charge in [-0.3, -0.25) is 4.79 Å². The Kier molecular flexibility index (Phi) is 6.40. The number of nitriles is 1. The molecule has 0 radical (unpaired) electrons. The second-order valence-corrected chi connectivity index (χ2v) is 4.94. The second-order valence-electron chi connectivity index (χ2n) is 4.94. The molecular formula is C18H14FN3O4. The molecule has 132 valence electrons. The lowest BCUT2D eigenvalue weighted by Crippen LogP contribution is -2.19. The number of methoxy groups -OCH3 is 1. The predicted octanol–water partition coefficient (Wildman–Crippen LogP) is 2.01. The number of hydrogen-bond acceptors (Lipinski definition) is 6. The lowest BCUT2D eigenvalue weighted by molar-refractivity contribution is -0.142. The fourth-order valence-corrected chi connectivity index (χ4v) is 1.85. The topological polar surface area (TPSA) is 101 Å². The Morgan fingerprint density at radius 1 is 1.27 bits per heavy atom. The van der Waals surface area contributed by atoms with E-state index in [2.05, 4.69) is 15.3 Å². The summed E-state index contributed by atoms with van der Waals surface area (Å²) in [5.74, 6) is -1.56. The van der Waals surface area contributed by atoms with E-state index < -0.39 is 17.7 Å². The number of carbonyl (C=O) groups is 2. The van der Waals surface area contributed by atoms with E-state index in [1.54, 1.807) is 30.3 Å². The molecule has 0 unspecified atom stereocenters. The van der Waals surface area contributed by atoms with E-state index in [4.69, 9.17) is 10.00 Å². The number of nitrogens with zero attached hydrogens (tertiary/aromatic N) is 2. The summed E-state index contributed by atoms with van der Waals surface area (Å²) in [5.41, 5.74) is 2.76. The van der Waals surface area contributed by atoms with Gasteiger partial charge in [0.15, 0.2) is 6.61 Å². The van der Waals surface area contributed by atoms with Gasteiger partial charge in [0.1, 0.15) is 11.6 Å². The molecule has 0 aliphatic rings. The number of hydrazone groups is 1. The fourth-order valence-electron chi connectivity index (χ4n) is 1.85. The minimum atomic E-state index is -0.802. The monoisotopic (exact) mass is 355 g/mol. The number of esters is 1. The van der Waals surface area contributed by atoms with Crippen LogP contribution in [0.3, 0.4) is 0 Å². The normalized spacial score (nSPS) is 10.2. The summed E-state index contributed by atoms with van der Waals surface area (Å²) in [6.45, 7) is -0.198. The molecule has 0 aliphatic heterocycles. The zero-order valence-corrected chi connectivity index (χ0v) is 13.7. The summed E-state index contributed by atoms with van der Waals surface area (Å²) in [7, 11) is 1.27. The van der Waals surface area contributed by atoms with Crippen molar-refractivity contribution in [2.75, 3.05) is 13.7 Å². The van der Waals surface area contributed by atoms with Gasteiger partial charge in [0.2, 0.25) is 0 Å². The van der Waals surface area contributed by atoms with Crippen molar-refractivity contribution in [1.29, 1.82) is 5.26 Å². The van der Waals surface area contributed by atoms with Gasteiger partial charge in [-0.2, -0.15) is 10.4 Å². The molecule has 8 heteroatoms. The molecule has 0 aromatic heterocycles. The third-order valence-electron chi connectivity index (χ3n) is 3.19. The lowest BCUT2D eigenvalue weighted by atomic mass is 10.1. The third-order valence-corrected chi connectivity index (χ3v) is 3.19. The zero-order chi connectivity index (χ0) is 18.9. The summed E-state index contributed by atoms with van der Waals surface area (Å²) in [4.78, 5) is 22.9. The highest BCUT2D eigenvalue weighted by Gasteiger charge is 2.11. The first-order chi connectivity index (χ1) is 12.5. The molecule has 1 amide bonds. The quantitative estimate of drug-likeness (QED) is 0.485. The van der Waals surface area contributed by atoms with E-state index in [9.17, 15) is 14.0 Å². The van der Waals surface area contributed by atoms with E-state index in [1.165, 1.54) is 25.5 Å². The Balaban J connectivity index is 1.92. The first-order valence-electron chi connectivity index (χ1n) is 7.36. The predicted molar refractivity (Wildman–Crippen MR) is 90.1 cm³/mol. The average molecular weight is 355 g/mol. The second kappa shape index (κ2) is 8.94. The van der Waals surface area contributed by atoms with Crippen LogP contribution in [0.25, 0.3) is 0 Å². The Labute approximate surface area is 148 Å². The number of carbonyl (C=O) groups excluding carboxylic acids is 2. The smallest absolute Gasteiger partial charge is 0.343 e. The minimum absolute atomic E-state index is 0.122. The van der Waals surface area contributed by atoms with E-state index in [-0.39, 0.29) is 17.7 Å². The van der Waals surface area contributed by atoms with Crippen molar-refractivity contribution in [3.05, 3.63) is 65.0 Å². The van der Waals surface area contributed by atoms with Crippen LogP contribution >= 0.6 is 0 Å². The first-order valence-corrected chi connectivity index (χ1v) is 7.36. The molecule has 0 atom stereocenters. The minimum Gasteiger partial charge on any atom is -0.482 e. The third kappa shape index (κ3) is 5.14. The van der Waals surface area contributed by atoms with Gasteiger partial charge in [0.25, 0.3) is 5.91 Å². The van der Waals surface area contributed by atoms with Gasteiger partial charge in [-0.15, -0.1) is 0 Å². The maximum atomic E-state index is 13.7. The van der Waals surface area contributed by atoms with Gasteiger partial charge in [-0.05, 0) is 48.0 Å². The van der Waals surface area contributed by atoms with Crippen LogP contribution in [0.4, 0.5) is 4.39 Å². The highest BCUT2D eigenvalue weighted by Crippen LogP contribution is 2.12. The van der Waals surface area contributed by atoms with Crippen molar-refractivity contribution in [3.8, 4) is 11.8 Å². The van der Waals surface area contributed by atoms with E-state index in [0.717, 1.165) is 6.07 Å². The van der Waals surface area contributed by atoms with Crippen molar-refractivity contribution in [3.63, 3.8) is 0 Å². The van der Waals surface area contributed by atoms with E-state index in [1.807, 2.05) is 0 Å². The molecule has 0 saturated carbocycles. The molecule has 1 N–H and O–H groups in total.